The summed E-state index contributed by atoms with van der Waals surface area (Å²) in [5.41, 5.74) is 0.483. The van der Waals surface area contributed by atoms with Gasteiger partial charge in [-0.1, -0.05) is 6.42 Å². The van der Waals surface area contributed by atoms with Crippen molar-refractivity contribution in [2.45, 2.75) is 58.2 Å². The fourth-order valence-electron chi connectivity index (χ4n) is 2.74. The van der Waals surface area contributed by atoms with Crippen LogP contribution in [0.2, 0.25) is 0 Å². The summed E-state index contributed by atoms with van der Waals surface area (Å²) < 4.78 is 5.27. The normalized spacial score (nSPS) is 21.6. The molecule has 0 saturated heterocycles. The Bertz CT molecular complexity index is 473. The minimum Gasteiger partial charge on any atom is -0.444 e. The molecule has 1 amide bonds. The maximum Gasteiger partial charge on any atom is 0.407 e. The average Bonchev–Trinajstić information content (AvgIpc) is 2.90. The molecule has 1 aromatic rings. The van der Waals surface area contributed by atoms with E-state index in [1.54, 1.807) is 18.6 Å². The number of hydrogen-bond acceptors (Lipinski definition) is 5. The topological polar surface area (TPSA) is 76.1 Å². The van der Waals surface area contributed by atoms with Crippen molar-refractivity contribution in [2.24, 2.45) is 5.92 Å². The van der Waals surface area contributed by atoms with Crippen molar-refractivity contribution in [1.29, 1.82) is 0 Å². The van der Waals surface area contributed by atoms with E-state index < -0.39 is 5.60 Å². The summed E-state index contributed by atoms with van der Waals surface area (Å²) in [6.45, 7) is 6.96. The van der Waals surface area contributed by atoms with E-state index in [0.717, 1.165) is 18.5 Å². The van der Waals surface area contributed by atoms with E-state index >= 15 is 0 Å². The second kappa shape index (κ2) is 7.54. The number of carbonyl (C=O) groups is 1. The quantitative estimate of drug-likeness (QED) is 0.872. The van der Waals surface area contributed by atoms with E-state index in [0.29, 0.717) is 25.0 Å². The molecule has 2 N–H and O–H groups in total. The first-order valence-electron chi connectivity index (χ1n) is 7.89. The molecule has 2 rings (SSSR count). The van der Waals surface area contributed by atoms with Crippen molar-refractivity contribution < 1.29 is 9.53 Å². The first kappa shape index (κ1) is 16.7. The van der Waals surface area contributed by atoms with Gasteiger partial charge < -0.3 is 15.4 Å². The van der Waals surface area contributed by atoms with Gasteiger partial charge in [0.1, 0.15) is 5.60 Å². The molecule has 1 saturated carbocycles. The molecule has 1 fully saturated rings. The fraction of sp³-hybridized carbons (Fsp3) is 0.688. The highest BCUT2D eigenvalue weighted by molar-refractivity contribution is 5.67. The SMILES string of the molecule is CC(C)(C)OC(=O)NCC1CCCC1NCc1cnccn1. The van der Waals surface area contributed by atoms with Crippen LogP contribution in [-0.2, 0) is 11.3 Å². The van der Waals surface area contributed by atoms with Crippen molar-refractivity contribution in [2.75, 3.05) is 6.54 Å². The number of nitrogens with one attached hydrogen (secondary N) is 2. The molecule has 22 heavy (non-hydrogen) atoms. The monoisotopic (exact) mass is 306 g/mol. The van der Waals surface area contributed by atoms with Crippen molar-refractivity contribution in [3.05, 3.63) is 24.3 Å². The molecule has 122 valence electrons. The van der Waals surface area contributed by atoms with Crippen LogP contribution in [-0.4, -0.2) is 34.2 Å². The van der Waals surface area contributed by atoms with Crippen LogP contribution in [0.3, 0.4) is 0 Å². The lowest BCUT2D eigenvalue weighted by Crippen LogP contribution is -2.40. The molecule has 1 aromatic heterocycles. The number of hydrogen-bond donors (Lipinski definition) is 2. The Labute approximate surface area is 132 Å². The average molecular weight is 306 g/mol. The number of alkyl carbamates (subject to hydrolysis) is 1. The van der Waals surface area contributed by atoms with E-state index in [4.69, 9.17) is 4.74 Å². The van der Waals surface area contributed by atoms with Crippen molar-refractivity contribution in [3.63, 3.8) is 0 Å². The van der Waals surface area contributed by atoms with Gasteiger partial charge in [0.05, 0.1) is 5.69 Å². The van der Waals surface area contributed by atoms with Crippen LogP contribution in [0.5, 0.6) is 0 Å². The van der Waals surface area contributed by atoms with Crippen LogP contribution in [0.1, 0.15) is 45.7 Å². The van der Waals surface area contributed by atoms with Gasteiger partial charge in [0.2, 0.25) is 0 Å². The van der Waals surface area contributed by atoms with E-state index in [1.165, 1.54) is 6.42 Å². The lowest BCUT2D eigenvalue weighted by molar-refractivity contribution is 0.0517. The number of nitrogens with zero attached hydrogens (tertiary/aromatic N) is 2. The van der Waals surface area contributed by atoms with Gasteiger partial charge >= 0.3 is 6.09 Å². The Kier molecular flexibility index (Phi) is 5.71. The Morgan fingerprint density at radius 2 is 2.18 bits per heavy atom. The van der Waals surface area contributed by atoms with Crippen molar-refractivity contribution >= 4 is 6.09 Å². The molecule has 0 bridgehead atoms. The predicted octanol–water partition coefficient (Wildman–Crippen LogP) is 2.26. The molecule has 0 aromatic carbocycles. The predicted molar refractivity (Wildman–Crippen MR) is 84.2 cm³/mol. The molecule has 6 nitrogen and oxygen atoms in total. The molecule has 1 aliphatic carbocycles. The van der Waals surface area contributed by atoms with Gasteiger partial charge in [-0.05, 0) is 39.5 Å². The zero-order chi connectivity index (χ0) is 16.0. The second-order valence-electron chi connectivity index (χ2n) is 6.76. The van der Waals surface area contributed by atoms with Crippen LogP contribution in [0.15, 0.2) is 18.6 Å². The summed E-state index contributed by atoms with van der Waals surface area (Å²) in [6, 6.07) is 0.400. The largest absolute Gasteiger partial charge is 0.444 e. The van der Waals surface area contributed by atoms with Crippen LogP contribution in [0.25, 0.3) is 0 Å². The van der Waals surface area contributed by atoms with Gasteiger partial charge in [-0.3, -0.25) is 9.97 Å². The maximum absolute atomic E-state index is 11.7. The highest BCUT2D eigenvalue weighted by Gasteiger charge is 2.27. The van der Waals surface area contributed by atoms with E-state index in [2.05, 4.69) is 20.6 Å². The number of aromatic nitrogens is 2. The smallest absolute Gasteiger partial charge is 0.407 e. The van der Waals surface area contributed by atoms with E-state index in [1.807, 2.05) is 20.8 Å². The fourth-order valence-corrected chi connectivity index (χ4v) is 2.74. The van der Waals surface area contributed by atoms with Crippen LogP contribution >= 0.6 is 0 Å². The zero-order valence-corrected chi connectivity index (χ0v) is 13.6. The zero-order valence-electron chi connectivity index (χ0n) is 13.6. The van der Waals surface area contributed by atoms with Crippen molar-refractivity contribution in [3.8, 4) is 0 Å². The summed E-state index contributed by atoms with van der Waals surface area (Å²) in [7, 11) is 0. The highest BCUT2D eigenvalue weighted by atomic mass is 16.6. The van der Waals surface area contributed by atoms with Gasteiger partial charge in [0, 0.05) is 37.7 Å². The van der Waals surface area contributed by atoms with Crippen LogP contribution in [0.4, 0.5) is 4.79 Å². The molecule has 0 radical (unpaired) electrons. The summed E-state index contributed by atoms with van der Waals surface area (Å²) in [4.78, 5) is 20.1. The maximum atomic E-state index is 11.7. The summed E-state index contributed by atoms with van der Waals surface area (Å²) >= 11 is 0. The second-order valence-corrected chi connectivity index (χ2v) is 6.76. The molecular weight excluding hydrogens is 280 g/mol. The summed E-state index contributed by atoms with van der Waals surface area (Å²) in [5.74, 6) is 0.434. The molecule has 6 heteroatoms. The Morgan fingerprint density at radius 1 is 1.36 bits per heavy atom. The molecule has 1 aliphatic rings. The number of amides is 1. The van der Waals surface area contributed by atoms with Crippen LogP contribution in [0, 0.1) is 5.92 Å². The van der Waals surface area contributed by atoms with Gasteiger partial charge in [0.25, 0.3) is 0 Å². The minimum absolute atomic E-state index is 0.341. The molecule has 1 heterocycles. The molecule has 2 unspecified atom stereocenters. The number of ether oxygens (including phenoxy) is 1. The van der Waals surface area contributed by atoms with Gasteiger partial charge in [0.15, 0.2) is 0 Å². The molecule has 0 spiro atoms. The standard InChI is InChI=1S/C16H26N4O2/c1-16(2,3)22-15(21)20-9-12-5-4-6-14(12)19-11-13-10-17-7-8-18-13/h7-8,10,12,14,19H,4-6,9,11H2,1-3H3,(H,20,21). The Hall–Kier alpha value is -1.69. The lowest BCUT2D eigenvalue weighted by atomic mass is 10.0. The Morgan fingerprint density at radius 3 is 2.86 bits per heavy atom. The van der Waals surface area contributed by atoms with Gasteiger partial charge in [-0.15, -0.1) is 0 Å². The lowest BCUT2D eigenvalue weighted by Gasteiger charge is -2.23. The van der Waals surface area contributed by atoms with Gasteiger partial charge in [-0.2, -0.15) is 0 Å². The number of carbonyl (C=O) groups excluding carboxylic acids is 1. The Balaban J connectivity index is 1.75. The van der Waals surface area contributed by atoms with Gasteiger partial charge in [-0.25, -0.2) is 4.79 Å². The molecular formula is C16H26N4O2. The first-order chi connectivity index (χ1) is 10.4. The highest BCUT2D eigenvalue weighted by Crippen LogP contribution is 2.25. The first-order valence-corrected chi connectivity index (χ1v) is 7.89. The summed E-state index contributed by atoms with van der Waals surface area (Å²) in [5, 5.41) is 6.41. The van der Waals surface area contributed by atoms with E-state index in [-0.39, 0.29) is 6.09 Å². The minimum atomic E-state index is -0.455. The van der Waals surface area contributed by atoms with Crippen LogP contribution < -0.4 is 10.6 Å². The molecule has 2 atom stereocenters. The third-order valence-corrected chi connectivity index (χ3v) is 3.73. The third-order valence-electron chi connectivity index (χ3n) is 3.73. The number of rotatable bonds is 5. The summed E-state index contributed by atoms with van der Waals surface area (Å²) in [6.07, 6.45) is 8.23. The molecule has 0 aliphatic heterocycles. The third kappa shape index (κ3) is 5.60. The van der Waals surface area contributed by atoms with E-state index in [9.17, 15) is 4.79 Å². The van der Waals surface area contributed by atoms with Crippen molar-refractivity contribution in [1.82, 2.24) is 20.6 Å².